The number of anilines is 1. The summed E-state index contributed by atoms with van der Waals surface area (Å²) in [4.78, 5) is 40.9. The van der Waals surface area contributed by atoms with Crippen molar-refractivity contribution < 1.29 is 0 Å². The number of hydrogen-bond donors (Lipinski definition) is 2. The lowest BCUT2D eigenvalue weighted by Crippen LogP contribution is -2.21. The van der Waals surface area contributed by atoms with Crippen LogP contribution in [0, 0.1) is 20.8 Å². The topological polar surface area (TPSA) is 167 Å². The molecular weight excluding hydrogens is 1140 g/mol. The van der Waals surface area contributed by atoms with Crippen LogP contribution in [-0.2, 0) is 49.0 Å². The van der Waals surface area contributed by atoms with E-state index in [-0.39, 0.29) is 56.4 Å². The molecule has 0 saturated carbocycles. The van der Waals surface area contributed by atoms with Gasteiger partial charge in [-0.25, -0.2) is 24.9 Å². The first-order chi connectivity index (χ1) is 42.1. The van der Waals surface area contributed by atoms with Gasteiger partial charge < -0.3 is 14.9 Å². The van der Waals surface area contributed by atoms with E-state index >= 15 is 0 Å². The lowest BCUT2D eigenvalue weighted by molar-refractivity contribution is 0.355. The predicted molar refractivity (Wildman–Crippen MR) is 398 cm³/mol. The zero-order chi connectivity index (χ0) is 70.6. The van der Waals surface area contributed by atoms with E-state index < -0.39 is 0 Å². The Morgan fingerprint density at radius 1 is 0.376 bits per heavy atom. The van der Waals surface area contributed by atoms with E-state index in [0.717, 1.165) is 45.9 Å². The maximum atomic E-state index is 4.44. The van der Waals surface area contributed by atoms with Crippen LogP contribution in [0.15, 0.2) is 166 Å². The standard InChI is InChI=1S/C10H16N2.3C10H15N.C9H13N.C8H12N2.3C7H12N2.CH4/c1-10(2,3)8-5-6-9(11-4)12-7-8;2*1-8-5-6-9(7-11-8)10(2,3)4;1-8-6-5-7-9(11-8)10(2,3)4;1-9(2,3)8-6-4-5-7-10-8;1-8(2,3)7-9-5-4-6-10-7;1-7(2,3)9-5-4-8-6-9;1-7(2,3)6-8-4-5-9-6;1-7(2,3)9-6-4-5-8-9;/h5-7H,1-4H3,(H,11,12);3*5-7H,1-4H3;4-7H,1-3H3;4-6H,1-3H3;4-6H,1-3H3;4-5H,1-3H3,(H,8,9);4-6H,1-3H3;1H4. The maximum Gasteiger partial charge on any atom is 0.133 e. The first-order valence-corrected chi connectivity index (χ1v) is 32.2. The number of nitrogens with one attached hydrogen (secondary N) is 2. The monoisotopic (exact) mass is 1270 g/mol. The van der Waals surface area contributed by atoms with Crippen molar-refractivity contribution in [3.63, 3.8) is 0 Å². The van der Waals surface area contributed by atoms with Gasteiger partial charge in [-0.15, -0.1) is 0 Å². The lowest BCUT2D eigenvalue weighted by Gasteiger charge is -2.19. The van der Waals surface area contributed by atoms with Crippen LogP contribution in [0.25, 0.3) is 0 Å². The molecule has 0 aromatic carbocycles. The van der Waals surface area contributed by atoms with Crippen LogP contribution in [0.5, 0.6) is 0 Å². The minimum atomic E-state index is 0. The number of aromatic nitrogens is 13. The highest BCUT2D eigenvalue weighted by Gasteiger charge is 2.19. The van der Waals surface area contributed by atoms with E-state index in [9.17, 15) is 0 Å². The van der Waals surface area contributed by atoms with Crippen molar-refractivity contribution >= 4 is 5.82 Å². The van der Waals surface area contributed by atoms with Gasteiger partial charge in [0.25, 0.3) is 0 Å². The minimum absolute atomic E-state index is 0. The largest absolute Gasteiger partial charge is 0.373 e. The van der Waals surface area contributed by atoms with Gasteiger partial charge in [-0.3, -0.25) is 24.6 Å². The Bertz CT molecular complexity index is 3080. The van der Waals surface area contributed by atoms with E-state index in [1.165, 1.54) is 16.7 Å². The molecule has 0 aliphatic carbocycles. The zero-order valence-corrected chi connectivity index (χ0v) is 63.0. The van der Waals surface area contributed by atoms with E-state index in [2.05, 4.69) is 300 Å². The smallest absolute Gasteiger partial charge is 0.133 e. The molecule has 0 fully saturated rings. The number of hydrogen-bond acceptors (Lipinski definition) is 11. The van der Waals surface area contributed by atoms with Crippen molar-refractivity contribution in [2.45, 2.75) is 264 Å². The number of pyridine rings is 5. The third kappa shape index (κ3) is 36.3. The van der Waals surface area contributed by atoms with Crippen molar-refractivity contribution in [3.8, 4) is 0 Å². The Hall–Kier alpha value is -7.74. The van der Waals surface area contributed by atoms with Gasteiger partial charge in [0.15, 0.2) is 0 Å². The van der Waals surface area contributed by atoms with Gasteiger partial charge in [0.2, 0.25) is 0 Å². The van der Waals surface area contributed by atoms with Crippen molar-refractivity contribution in [3.05, 3.63) is 222 Å². The van der Waals surface area contributed by atoms with Crippen molar-refractivity contribution in [1.29, 1.82) is 0 Å². The van der Waals surface area contributed by atoms with Crippen LogP contribution >= 0.6 is 0 Å². The third-order valence-electron chi connectivity index (χ3n) is 13.4. The fourth-order valence-corrected chi connectivity index (χ4v) is 7.26. The molecule has 0 saturated heterocycles. The van der Waals surface area contributed by atoms with E-state index in [1.807, 2.05) is 119 Å². The molecule has 0 spiro atoms. The van der Waals surface area contributed by atoms with Crippen LogP contribution < -0.4 is 5.32 Å². The molecule has 0 amide bonds. The molecule has 0 radical (unpaired) electrons. The highest BCUT2D eigenvalue weighted by molar-refractivity contribution is 5.36. The van der Waals surface area contributed by atoms with Crippen molar-refractivity contribution in [2.24, 2.45) is 0 Å². The molecule has 9 rings (SSSR count). The maximum absolute atomic E-state index is 4.44. The zero-order valence-electron chi connectivity index (χ0n) is 63.0. The molecule has 14 nitrogen and oxygen atoms in total. The van der Waals surface area contributed by atoms with Crippen molar-refractivity contribution in [2.75, 3.05) is 12.4 Å². The lowest BCUT2D eigenvalue weighted by atomic mass is 9.88. The van der Waals surface area contributed by atoms with Crippen molar-refractivity contribution in [1.82, 2.24) is 64.2 Å². The summed E-state index contributed by atoms with van der Waals surface area (Å²) in [5, 5.41) is 7.10. The second kappa shape index (κ2) is 37.8. The molecule has 0 unspecified atom stereocenters. The normalized spacial score (nSPS) is 11.5. The highest BCUT2D eigenvalue weighted by atomic mass is 15.3. The minimum Gasteiger partial charge on any atom is -0.373 e. The summed E-state index contributed by atoms with van der Waals surface area (Å²) in [5.41, 5.74) is 11.0. The molecule has 0 aliphatic rings. The summed E-state index contributed by atoms with van der Waals surface area (Å²) in [6.07, 6.45) is 24.2. The quantitative estimate of drug-likeness (QED) is 0.161. The molecule has 9 aromatic heterocycles. The average Bonchev–Trinajstić information content (AvgIpc) is 2.17. The molecule has 9 heterocycles. The molecule has 0 bridgehead atoms. The Kier molecular flexibility index (Phi) is 34.7. The summed E-state index contributed by atoms with van der Waals surface area (Å²) in [6, 6.07) is 28.4. The van der Waals surface area contributed by atoms with Gasteiger partial charge in [-0.2, -0.15) is 5.10 Å². The van der Waals surface area contributed by atoms with E-state index in [1.54, 1.807) is 31.0 Å². The van der Waals surface area contributed by atoms with Crippen LogP contribution in [-0.4, -0.2) is 71.2 Å². The van der Waals surface area contributed by atoms with Gasteiger partial charge >= 0.3 is 0 Å². The number of imidazole rings is 2. The Morgan fingerprint density at radius 2 is 0.860 bits per heavy atom. The van der Waals surface area contributed by atoms with Gasteiger partial charge in [0.05, 0.1) is 11.9 Å². The van der Waals surface area contributed by atoms with E-state index in [4.69, 9.17) is 0 Å². The van der Waals surface area contributed by atoms with Gasteiger partial charge in [-0.05, 0) is 150 Å². The molecule has 9 aromatic rings. The van der Waals surface area contributed by atoms with E-state index in [0.29, 0.717) is 0 Å². The Labute approximate surface area is 566 Å². The molecule has 2 N–H and O–H groups in total. The fraction of sp³-hybridized carbons (Fsp3) is 0.519. The molecule has 14 heteroatoms. The summed E-state index contributed by atoms with van der Waals surface area (Å²) >= 11 is 0. The van der Waals surface area contributed by atoms with Gasteiger partial charge in [0, 0.05) is 137 Å². The van der Waals surface area contributed by atoms with Crippen LogP contribution in [0.2, 0.25) is 0 Å². The predicted octanol–water partition coefficient (Wildman–Crippen LogP) is 20.3. The molecule has 512 valence electrons. The number of aryl methyl sites for hydroxylation is 3. The summed E-state index contributed by atoms with van der Waals surface area (Å²) < 4.78 is 4.01. The first kappa shape index (κ1) is 85.3. The number of H-pyrrole nitrogens is 1. The number of aromatic amines is 1. The SMILES string of the molecule is C.CC(C)(C)c1ccccn1.CC(C)(C)c1ncc[nH]1.CC(C)(C)c1ncccn1.CC(C)(C)n1cccn1.CC(C)(C)n1ccnc1.CNc1ccc(C(C)(C)C)cn1.Cc1ccc(C(C)(C)C)cn1.Cc1ccc(C(C)(C)C)cn1.Cc1cccc(C(C)(C)C)n1. The summed E-state index contributed by atoms with van der Waals surface area (Å²) in [6.45, 7) is 64.3. The second-order valence-corrected chi connectivity index (χ2v) is 32.0. The molecule has 93 heavy (non-hydrogen) atoms. The highest BCUT2D eigenvalue weighted by Crippen LogP contribution is 2.25. The average molecular weight is 1270 g/mol. The third-order valence-corrected chi connectivity index (χ3v) is 13.4. The Balaban J connectivity index is 0.00000102. The molecule has 0 aliphatic heterocycles. The summed E-state index contributed by atoms with van der Waals surface area (Å²) in [5.74, 6) is 2.86. The van der Waals surface area contributed by atoms with Gasteiger partial charge in [-0.1, -0.05) is 183 Å². The van der Waals surface area contributed by atoms with Crippen LogP contribution in [0.4, 0.5) is 5.82 Å². The summed E-state index contributed by atoms with van der Waals surface area (Å²) in [7, 11) is 1.87. The molecular formula is C79H126N14. The number of nitrogens with zero attached hydrogens (tertiary/aromatic N) is 12. The Morgan fingerprint density at radius 3 is 1.11 bits per heavy atom. The first-order valence-electron chi connectivity index (χ1n) is 32.2. The molecule has 0 atom stereocenters. The number of rotatable bonds is 1. The van der Waals surface area contributed by atoms with Crippen LogP contribution in [0.3, 0.4) is 0 Å². The van der Waals surface area contributed by atoms with Crippen LogP contribution in [0.1, 0.15) is 251 Å². The second-order valence-electron chi connectivity index (χ2n) is 32.0. The van der Waals surface area contributed by atoms with Gasteiger partial charge in [0.1, 0.15) is 17.5 Å². The fourth-order valence-electron chi connectivity index (χ4n) is 7.26.